The van der Waals surface area contributed by atoms with Crippen molar-refractivity contribution in [2.45, 2.75) is 18.9 Å². The maximum absolute atomic E-state index is 9.18. The van der Waals surface area contributed by atoms with E-state index in [9.17, 15) is 5.11 Å². The van der Waals surface area contributed by atoms with Crippen LogP contribution in [0.3, 0.4) is 0 Å². The first-order valence-electron chi connectivity index (χ1n) is 5.64. The summed E-state index contributed by atoms with van der Waals surface area (Å²) >= 11 is 5.87. The molecule has 0 saturated heterocycles. The highest BCUT2D eigenvalue weighted by atomic mass is 35.5. The Balaban J connectivity index is 1.68. The lowest BCUT2D eigenvalue weighted by Gasteiger charge is -2.31. The first-order valence-corrected chi connectivity index (χ1v) is 6.02. The minimum absolute atomic E-state index is 0.116. The molecule has 0 atom stereocenters. The third-order valence-corrected chi connectivity index (χ3v) is 3.28. The molecule has 5 nitrogen and oxygen atoms in total. The molecule has 1 aliphatic carbocycles. The quantitative estimate of drug-likeness (QED) is 0.870. The second-order valence-electron chi connectivity index (χ2n) is 4.46. The zero-order valence-corrected chi connectivity index (χ0v) is 9.93. The van der Waals surface area contributed by atoms with E-state index in [1.807, 2.05) is 6.07 Å². The minimum atomic E-state index is -0.116. The molecule has 2 aromatic rings. The fourth-order valence-corrected chi connectivity index (χ4v) is 2.19. The summed E-state index contributed by atoms with van der Waals surface area (Å²) in [5.74, 6) is 1.13. The third-order valence-electron chi connectivity index (χ3n) is 3.05. The number of nitrogens with zero attached hydrogens (tertiary/aromatic N) is 3. The topological polar surface area (TPSA) is 62.5 Å². The lowest BCUT2D eigenvalue weighted by atomic mass is 9.82. The van der Waals surface area contributed by atoms with Gasteiger partial charge in [-0.3, -0.25) is 0 Å². The van der Waals surface area contributed by atoms with Gasteiger partial charge < -0.3 is 10.4 Å². The summed E-state index contributed by atoms with van der Waals surface area (Å²) in [7, 11) is 0. The molecular formula is C11H13ClN4O. The molecule has 3 rings (SSSR count). The van der Waals surface area contributed by atoms with Crippen LogP contribution < -0.4 is 5.32 Å². The van der Waals surface area contributed by atoms with Gasteiger partial charge >= 0.3 is 0 Å². The molecule has 1 saturated carbocycles. The highest BCUT2D eigenvalue weighted by Gasteiger charge is 2.26. The summed E-state index contributed by atoms with van der Waals surface area (Å²) in [6, 6.07) is 3.62. The van der Waals surface area contributed by atoms with E-state index in [4.69, 9.17) is 11.6 Å². The number of pyridine rings is 1. The zero-order valence-electron chi connectivity index (χ0n) is 9.17. The first-order chi connectivity index (χ1) is 8.20. The number of aliphatic hydroxyl groups is 1. The van der Waals surface area contributed by atoms with Gasteiger partial charge in [0.2, 0.25) is 5.95 Å². The maximum atomic E-state index is 9.18. The number of nitrogens with one attached hydrogen (secondary N) is 1. The van der Waals surface area contributed by atoms with Crippen LogP contribution in [0.1, 0.15) is 12.8 Å². The molecule has 0 bridgehead atoms. The summed E-state index contributed by atoms with van der Waals surface area (Å²) in [5, 5.41) is 17.3. The summed E-state index contributed by atoms with van der Waals surface area (Å²) < 4.78 is 1.65. The number of aliphatic hydroxyl groups excluding tert-OH is 1. The molecule has 0 aliphatic heterocycles. The summed E-state index contributed by atoms with van der Waals surface area (Å²) in [4.78, 5) is 4.32. The highest BCUT2D eigenvalue weighted by molar-refractivity contribution is 6.30. The van der Waals surface area contributed by atoms with Crippen LogP contribution >= 0.6 is 11.6 Å². The average molecular weight is 253 g/mol. The average Bonchev–Trinajstić information content (AvgIpc) is 2.64. The van der Waals surface area contributed by atoms with Crippen molar-refractivity contribution in [3.63, 3.8) is 0 Å². The Hall–Kier alpha value is -1.33. The van der Waals surface area contributed by atoms with Crippen LogP contribution in [0.15, 0.2) is 18.3 Å². The summed E-state index contributed by atoms with van der Waals surface area (Å²) in [6.07, 6.45) is 3.34. The van der Waals surface area contributed by atoms with Crippen LogP contribution in [-0.4, -0.2) is 32.4 Å². The standard InChI is InChI=1S/C11H13ClN4O/c12-8-1-2-10-14-11(15-16(10)6-8)13-5-7-3-9(17)4-7/h1-2,6-7,9,17H,3-5H2,(H,13,15). The van der Waals surface area contributed by atoms with Crippen LogP contribution in [0.2, 0.25) is 5.02 Å². The van der Waals surface area contributed by atoms with Gasteiger partial charge in [0.1, 0.15) is 0 Å². The van der Waals surface area contributed by atoms with Crippen LogP contribution in [0, 0.1) is 5.92 Å². The maximum Gasteiger partial charge on any atom is 0.243 e. The van der Waals surface area contributed by atoms with Gasteiger partial charge in [-0.15, -0.1) is 5.10 Å². The predicted molar refractivity (Wildman–Crippen MR) is 65.2 cm³/mol. The van der Waals surface area contributed by atoms with Crippen molar-refractivity contribution in [3.05, 3.63) is 23.4 Å². The second-order valence-corrected chi connectivity index (χ2v) is 4.89. The van der Waals surface area contributed by atoms with Gasteiger partial charge in [-0.1, -0.05) is 11.6 Å². The molecule has 1 fully saturated rings. The number of hydrogen-bond acceptors (Lipinski definition) is 4. The van der Waals surface area contributed by atoms with Gasteiger partial charge in [0.25, 0.3) is 0 Å². The molecule has 6 heteroatoms. The van der Waals surface area contributed by atoms with Crippen molar-refractivity contribution < 1.29 is 5.11 Å². The molecule has 0 unspecified atom stereocenters. The van der Waals surface area contributed by atoms with Crippen molar-refractivity contribution in [2.24, 2.45) is 5.92 Å². The number of fused-ring (bicyclic) bond motifs is 1. The summed E-state index contributed by atoms with van der Waals surface area (Å²) in [5.41, 5.74) is 0.769. The van der Waals surface area contributed by atoms with E-state index < -0.39 is 0 Å². The van der Waals surface area contributed by atoms with Crippen molar-refractivity contribution in [1.29, 1.82) is 0 Å². The van der Waals surface area contributed by atoms with Crippen molar-refractivity contribution >= 4 is 23.2 Å². The SMILES string of the molecule is OC1CC(CNc2nc3ccc(Cl)cn3n2)C1. The Morgan fingerprint density at radius 3 is 3.06 bits per heavy atom. The van der Waals surface area contributed by atoms with Crippen LogP contribution in [0.4, 0.5) is 5.95 Å². The Morgan fingerprint density at radius 1 is 1.47 bits per heavy atom. The monoisotopic (exact) mass is 252 g/mol. The van der Waals surface area contributed by atoms with E-state index in [2.05, 4.69) is 15.4 Å². The van der Waals surface area contributed by atoms with E-state index in [0.717, 1.165) is 25.0 Å². The molecule has 2 aromatic heterocycles. The molecule has 2 heterocycles. The van der Waals surface area contributed by atoms with E-state index >= 15 is 0 Å². The minimum Gasteiger partial charge on any atom is -0.393 e. The van der Waals surface area contributed by atoms with Gasteiger partial charge in [-0.25, -0.2) is 4.52 Å². The molecule has 2 N–H and O–H groups in total. The van der Waals surface area contributed by atoms with Gasteiger partial charge in [-0.2, -0.15) is 4.98 Å². The van der Waals surface area contributed by atoms with E-state index in [-0.39, 0.29) is 6.10 Å². The smallest absolute Gasteiger partial charge is 0.243 e. The normalized spacial score (nSPS) is 23.6. The Kier molecular flexibility index (Phi) is 2.64. The number of anilines is 1. The zero-order chi connectivity index (χ0) is 11.8. The fourth-order valence-electron chi connectivity index (χ4n) is 2.04. The molecule has 0 spiro atoms. The fraction of sp³-hybridized carbons (Fsp3) is 0.455. The van der Waals surface area contributed by atoms with E-state index in [0.29, 0.717) is 16.9 Å². The van der Waals surface area contributed by atoms with Crippen molar-refractivity contribution in [2.75, 3.05) is 11.9 Å². The summed E-state index contributed by atoms with van der Waals surface area (Å²) in [6.45, 7) is 0.807. The molecular weight excluding hydrogens is 240 g/mol. The molecule has 17 heavy (non-hydrogen) atoms. The van der Waals surface area contributed by atoms with Gasteiger partial charge in [-0.05, 0) is 30.9 Å². The van der Waals surface area contributed by atoms with Crippen molar-refractivity contribution in [3.8, 4) is 0 Å². The number of rotatable bonds is 3. The van der Waals surface area contributed by atoms with Gasteiger partial charge in [0.15, 0.2) is 5.65 Å². The first kappa shape index (κ1) is 10.8. The molecule has 0 amide bonds. The van der Waals surface area contributed by atoms with E-state index in [1.54, 1.807) is 16.8 Å². The van der Waals surface area contributed by atoms with Gasteiger partial charge in [0.05, 0.1) is 11.1 Å². The highest BCUT2D eigenvalue weighted by Crippen LogP contribution is 2.26. The van der Waals surface area contributed by atoms with Crippen LogP contribution in [0.5, 0.6) is 0 Å². The number of hydrogen-bond donors (Lipinski definition) is 2. The molecule has 0 aromatic carbocycles. The van der Waals surface area contributed by atoms with Crippen molar-refractivity contribution in [1.82, 2.24) is 14.6 Å². The number of halogens is 1. The van der Waals surface area contributed by atoms with Gasteiger partial charge in [0, 0.05) is 12.7 Å². The third kappa shape index (κ3) is 2.21. The lowest BCUT2D eigenvalue weighted by molar-refractivity contribution is 0.0486. The van der Waals surface area contributed by atoms with E-state index in [1.165, 1.54) is 0 Å². The Morgan fingerprint density at radius 2 is 2.29 bits per heavy atom. The van der Waals surface area contributed by atoms with Crippen LogP contribution in [0.25, 0.3) is 5.65 Å². The molecule has 0 radical (unpaired) electrons. The van der Waals surface area contributed by atoms with Crippen LogP contribution in [-0.2, 0) is 0 Å². The second kappa shape index (κ2) is 4.16. The Bertz CT molecular complexity index is 535. The largest absolute Gasteiger partial charge is 0.393 e. The lowest BCUT2D eigenvalue weighted by Crippen LogP contribution is -2.33. The molecule has 1 aliphatic rings. The Labute approximate surface area is 103 Å². The molecule has 90 valence electrons. The predicted octanol–water partition coefficient (Wildman–Crippen LogP) is 1.57. The number of aromatic nitrogens is 3.